The highest BCUT2D eigenvalue weighted by Crippen LogP contribution is 2.34. The molecule has 1 atom stereocenters. The van der Waals surface area contributed by atoms with Gasteiger partial charge in [0.1, 0.15) is 0 Å². The molecule has 0 saturated carbocycles. The molecule has 0 spiro atoms. The Labute approximate surface area is 139 Å². The largest absolute Gasteiger partial charge is 0.350 e. The van der Waals surface area contributed by atoms with Gasteiger partial charge in [0.15, 0.2) is 0 Å². The lowest BCUT2D eigenvalue weighted by Gasteiger charge is -2.17. The van der Waals surface area contributed by atoms with Crippen molar-refractivity contribution in [3.63, 3.8) is 0 Å². The molecular weight excluding hydrogens is 308 g/mol. The Balaban J connectivity index is 1.71. The number of hydrogen-bond acceptors (Lipinski definition) is 3. The van der Waals surface area contributed by atoms with E-state index >= 15 is 0 Å². The van der Waals surface area contributed by atoms with E-state index in [0.717, 1.165) is 16.9 Å². The zero-order chi connectivity index (χ0) is 16.2. The van der Waals surface area contributed by atoms with E-state index in [1.807, 2.05) is 24.3 Å². The van der Waals surface area contributed by atoms with Crippen LogP contribution < -0.4 is 5.73 Å². The third kappa shape index (κ3) is 3.70. The third-order valence-corrected chi connectivity index (χ3v) is 4.95. The number of nitrogens with zero attached hydrogens (tertiary/aromatic N) is 1. The van der Waals surface area contributed by atoms with E-state index < -0.39 is 6.03 Å². The minimum Gasteiger partial charge on any atom is -0.350 e. The Morgan fingerprint density at radius 1 is 1.22 bits per heavy atom. The van der Waals surface area contributed by atoms with Gasteiger partial charge >= 0.3 is 6.03 Å². The van der Waals surface area contributed by atoms with Crippen LogP contribution in [0.25, 0.3) is 17.7 Å². The average molecular weight is 326 g/mol. The average Bonchev–Trinajstić information content (AvgIpc) is 3.22. The van der Waals surface area contributed by atoms with Crippen molar-refractivity contribution in [1.29, 1.82) is 0 Å². The zero-order valence-electron chi connectivity index (χ0n) is 12.6. The van der Waals surface area contributed by atoms with Crippen molar-refractivity contribution in [3.05, 3.63) is 63.9 Å². The van der Waals surface area contributed by atoms with Gasteiger partial charge in [0.25, 0.3) is 0 Å². The molecule has 1 aromatic carbocycles. The number of nitrogens with two attached hydrogens (primary N) is 1. The Bertz CT molecular complexity index is 749. The quantitative estimate of drug-likeness (QED) is 0.652. The maximum atomic E-state index is 11.0. The molecule has 1 aliphatic carbocycles. The van der Waals surface area contributed by atoms with Crippen LogP contribution in [0.3, 0.4) is 0 Å². The van der Waals surface area contributed by atoms with Crippen LogP contribution in [0.4, 0.5) is 4.79 Å². The summed E-state index contributed by atoms with van der Waals surface area (Å²) in [6.07, 6.45) is 7.63. The van der Waals surface area contributed by atoms with Crippen LogP contribution in [0, 0.1) is 0 Å². The molecule has 23 heavy (non-hydrogen) atoms. The highest BCUT2D eigenvalue weighted by atomic mass is 32.1. The number of thiophene rings is 1. The van der Waals surface area contributed by atoms with Crippen molar-refractivity contribution in [2.45, 2.75) is 18.9 Å². The molecule has 2 aromatic rings. The first kappa shape index (κ1) is 15.5. The molecule has 0 fully saturated rings. The lowest BCUT2D eigenvalue weighted by Crippen LogP contribution is -2.39. The second-order valence-electron chi connectivity index (χ2n) is 5.43. The van der Waals surface area contributed by atoms with Crippen LogP contribution in [0.1, 0.15) is 28.2 Å². The monoisotopic (exact) mass is 326 g/mol. The van der Waals surface area contributed by atoms with Crippen molar-refractivity contribution in [2.75, 3.05) is 0 Å². The molecule has 0 radical (unpaired) electrons. The summed E-state index contributed by atoms with van der Waals surface area (Å²) in [4.78, 5) is 13.4. The maximum absolute atomic E-state index is 11.0. The molecule has 0 aliphatic heterocycles. The predicted octanol–water partition coefficient (Wildman–Crippen LogP) is 4.23. The summed E-state index contributed by atoms with van der Waals surface area (Å²) < 4.78 is 0. The molecule has 1 unspecified atom stereocenters. The SMILES string of the molecule is NC(=O)N(O)C1C=C(c2ccc(C=Cc3ccccc3)s2)CC1. The number of carbonyl (C=O) groups is 1. The number of hydroxylamine groups is 2. The Morgan fingerprint density at radius 3 is 2.74 bits per heavy atom. The van der Waals surface area contributed by atoms with E-state index in [0.29, 0.717) is 11.5 Å². The van der Waals surface area contributed by atoms with Gasteiger partial charge in [-0.05, 0) is 42.2 Å². The van der Waals surface area contributed by atoms with E-state index in [4.69, 9.17) is 5.73 Å². The van der Waals surface area contributed by atoms with Gasteiger partial charge in [-0.3, -0.25) is 5.21 Å². The van der Waals surface area contributed by atoms with Gasteiger partial charge in [0.05, 0.1) is 6.04 Å². The van der Waals surface area contributed by atoms with Crippen molar-refractivity contribution in [1.82, 2.24) is 5.06 Å². The third-order valence-electron chi connectivity index (χ3n) is 3.83. The number of benzene rings is 1. The minimum absolute atomic E-state index is 0.326. The molecule has 0 bridgehead atoms. The number of carbonyl (C=O) groups excluding carboxylic acids is 1. The minimum atomic E-state index is -0.815. The van der Waals surface area contributed by atoms with Crippen molar-refractivity contribution in [3.8, 4) is 0 Å². The highest BCUT2D eigenvalue weighted by molar-refractivity contribution is 7.14. The Hall–Kier alpha value is -2.37. The summed E-state index contributed by atoms with van der Waals surface area (Å²) in [5, 5.41) is 10.2. The van der Waals surface area contributed by atoms with Crippen LogP contribution in [-0.4, -0.2) is 22.3 Å². The van der Waals surface area contributed by atoms with Gasteiger partial charge in [0, 0.05) is 9.75 Å². The van der Waals surface area contributed by atoms with Gasteiger partial charge in [-0.2, -0.15) is 5.06 Å². The fourth-order valence-corrected chi connectivity index (χ4v) is 3.58. The van der Waals surface area contributed by atoms with E-state index in [2.05, 4.69) is 36.4 Å². The lowest BCUT2D eigenvalue weighted by molar-refractivity contribution is -0.0608. The Morgan fingerprint density at radius 2 is 2.00 bits per heavy atom. The number of urea groups is 1. The van der Waals surface area contributed by atoms with Gasteiger partial charge < -0.3 is 5.73 Å². The van der Waals surface area contributed by atoms with Crippen LogP contribution in [0.15, 0.2) is 48.5 Å². The van der Waals surface area contributed by atoms with Crippen molar-refractivity contribution in [2.24, 2.45) is 5.73 Å². The summed E-state index contributed by atoms with van der Waals surface area (Å²) in [5.41, 5.74) is 7.42. The smallest absolute Gasteiger partial charge is 0.339 e. The van der Waals surface area contributed by atoms with E-state index in [-0.39, 0.29) is 6.04 Å². The molecule has 1 heterocycles. The molecular formula is C18H18N2O2S. The van der Waals surface area contributed by atoms with E-state index in [9.17, 15) is 10.0 Å². The van der Waals surface area contributed by atoms with Crippen LogP contribution in [0.5, 0.6) is 0 Å². The fourth-order valence-electron chi connectivity index (χ4n) is 2.62. The van der Waals surface area contributed by atoms with Crippen LogP contribution >= 0.6 is 11.3 Å². The number of primary amides is 1. The van der Waals surface area contributed by atoms with Gasteiger partial charge in [-0.1, -0.05) is 42.5 Å². The van der Waals surface area contributed by atoms with E-state index in [1.165, 1.54) is 10.4 Å². The molecule has 4 nitrogen and oxygen atoms in total. The normalized spacial score (nSPS) is 17.4. The summed E-state index contributed by atoms with van der Waals surface area (Å²) >= 11 is 1.70. The zero-order valence-corrected chi connectivity index (χ0v) is 13.4. The molecule has 118 valence electrons. The van der Waals surface area contributed by atoms with Gasteiger partial charge in [-0.15, -0.1) is 11.3 Å². The first-order valence-electron chi connectivity index (χ1n) is 7.45. The predicted molar refractivity (Wildman–Crippen MR) is 93.9 cm³/mol. The number of amides is 2. The van der Waals surface area contributed by atoms with Gasteiger partial charge in [0.2, 0.25) is 0 Å². The molecule has 1 aliphatic rings. The molecule has 2 amide bonds. The number of rotatable bonds is 4. The van der Waals surface area contributed by atoms with Gasteiger partial charge in [-0.25, -0.2) is 4.79 Å². The number of hydrogen-bond donors (Lipinski definition) is 2. The molecule has 5 heteroatoms. The van der Waals surface area contributed by atoms with Crippen molar-refractivity contribution >= 4 is 35.1 Å². The van der Waals surface area contributed by atoms with Crippen molar-refractivity contribution < 1.29 is 10.0 Å². The fraction of sp³-hybridized carbons (Fsp3) is 0.167. The summed E-state index contributed by atoms with van der Waals surface area (Å²) in [6.45, 7) is 0. The first-order chi connectivity index (χ1) is 11.1. The number of allylic oxidation sites excluding steroid dienone is 1. The summed E-state index contributed by atoms with van der Waals surface area (Å²) in [6, 6.07) is 13.2. The van der Waals surface area contributed by atoms with Crippen LogP contribution in [0.2, 0.25) is 0 Å². The Kier molecular flexibility index (Phi) is 4.60. The molecule has 0 saturated heterocycles. The summed E-state index contributed by atoms with van der Waals surface area (Å²) in [7, 11) is 0. The summed E-state index contributed by atoms with van der Waals surface area (Å²) in [5.74, 6) is 0. The lowest BCUT2D eigenvalue weighted by atomic mass is 10.2. The second-order valence-corrected chi connectivity index (χ2v) is 6.54. The standard InChI is InChI=1S/C18H18N2O2S/c19-18(21)20(22)15-8-7-14(12-15)17-11-10-16(23-17)9-6-13-4-2-1-3-5-13/h1-6,9-12,15,22H,7-8H2,(H2,19,21). The highest BCUT2D eigenvalue weighted by Gasteiger charge is 2.24. The topological polar surface area (TPSA) is 66.6 Å². The molecule has 3 N–H and O–H groups in total. The maximum Gasteiger partial charge on any atom is 0.339 e. The van der Waals surface area contributed by atoms with E-state index in [1.54, 1.807) is 11.3 Å². The molecule has 3 rings (SSSR count). The first-order valence-corrected chi connectivity index (χ1v) is 8.27. The molecule has 1 aromatic heterocycles. The second kappa shape index (κ2) is 6.81. The van der Waals surface area contributed by atoms with Crippen LogP contribution in [-0.2, 0) is 0 Å².